The predicted octanol–water partition coefficient (Wildman–Crippen LogP) is 7.06. The summed E-state index contributed by atoms with van der Waals surface area (Å²) in [6.45, 7) is -0.511. The molecule has 6 nitrogen and oxygen atoms in total. The van der Waals surface area contributed by atoms with Gasteiger partial charge in [-0.1, -0.05) is 23.7 Å². The maximum atomic E-state index is 13.0. The highest BCUT2D eigenvalue weighted by molar-refractivity contribution is 9.10. The van der Waals surface area contributed by atoms with Crippen molar-refractivity contribution in [3.05, 3.63) is 80.3 Å². The molecule has 0 aliphatic carbocycles. The second kappa shape index (κ2) is 9.92. The summed E-state index contributed by atoms with van der Waals surface area (Å²) in [5, 5.41) is 2.29. The van der Waals surface area contributed by atoms with Gasteiger partial charge < -0.3 is 9.73 Å². The number of benzene rings is 2. The van der Waals surface area contributed by atoms with Crippen molar-refractivity contribution in [3.63, 3.8) is 0 Å². The standard InChI is InChI=1S/C23H13BrClF3N2O4S/c24-16-6-4-14(9-17(16)25)29-20(31)11-30-21(32)19(35-22(30)33)10-15-5-7-18(34-15)12-2-1-3-13(8-12)23(26,27)28/h1-10H,11H2,(H,29,31)/b19-10+. The van der Waals surface area contributed by atoms with Gasteiger partial charge in [0.2, 0.25) is 5.91 Å². The number of halogens is 5. The number of carbonyl (C=O) groups excluding carboxylic acids is 3. The van der Waals surface area contributed by atoms with E-state index < -0.39 is 35.3 Å². The van der Waals surface area contributed by atoms with Crippen molar-refractivity contribution < 1.29 is 32.0 Å². The molecular weight excluding hydrogens is 573 g/mol. The van der Waals surface area contributed by atoms with E-state index in [1.54, 1.807) is 12.1 Å². The average Bonchev–Trinajstić information content (AvgIpc) is 3.36. The molecule has 2 heterocycles. The molecule has 0 atom stereocenters. The molecule has 2 aromatic carbocycles. The summed E-state index contributed by atoms with van der Waals surface area (Å²) in [7, 11) is 0. The molecule has 1 aromatic heterocycles. The molecule has 1 N–H and O–H groups in total. The molecule has 180 valence electrons. The van der Waals surface area contributed by atoms with Gasteiger partial charge in [0.25, 0.3) is 11.1 Å². The Kier molecular flexibility index (Phi) is 7.11. The maximum Gasteiger partial charge on any atom is 0.416 e. The van der Waals surface area contributed by atoms with E-state index >= 15 is 0 Å². The summed E-state index contributed by atoms with van der Waals surface area (Å²) in [4.78, 5) is 38.1. The van der Waals surface area contributed by atoms with Crippen LogP contribution in [0.5, 0.6) is 0 Å². The Morgan fingerprint density at radius 2 is 1.91 bits per heavy atom. The molecule has 0 bridgehead atoms. The molecule has 3 amide bonds. The Hall–Kier alpha value is -3.02. The monoisotopic (exact) mass is 584 g/mol. The van der Waals surface area contributed by atoms with E-state index in [0.717, 1.165) is 17.0 Å². The summed E-state index contributed by atoms with van der Waals surface area (Å²) in [5.74, 6) is -0.969. The topological polar surface area (TPSA) is 79.6 Å². The molecule has 0 radical (unpaired) electrons. The lowest BCUT2D eigenvalue weighted by Gasteiger charge is -2.12. The van der Waals surface area contributed by atoms with Gasteiger partial charge in [-0.25, -0.2) is 0 Å². The first-order chi connectivity index (χ1) is 16.5. The van der Waals surface area contributed by atoms with Gasteiger partial charge in [0.15, 0.2) is 0 Å². The number of hydrogen-bond donors (Lipinski definition) is 1. The number of thioether (sulfide) groups is 1. The van der Waals surface area contributed by atoms with Crippen LogP contribution in [0.2, 0.25) is 5.02 Å². The quantitative estimate of drug-likeness (QED) is 0.325. The molecule has 0 saturated carbocycles. The molecule has 1 saturated heterocycles. The summed E-state index contributed by atoms with van der Waals surface area (Å²) >= 11 is 9.85. The Labute approximate surface area is 214 Å². The first-order valence-corrected chi connectivity index (χ1v) is 11.8. The van der Waals surface area contributed by atoms with Crippen LogP contribution in [0, 0.1) is 0 Å². The predicted molar refractivity (Wildman–Crippen MR) is 130 cm³/mol. The van der Waals surface area contributed by atoms with E-state index in [-0.39, 0.29) is 22.0 Å². The Bertz CT molecular complexity index is 1370. The highest BCUT2D eigenvalue weighted by Crippen LogP contribution is 2.35. The zero-order valence-electron chi connectivity index (χ0n) is 17.4. The van der Waals surface area contributed by atoms with Crippen molar-refractivity contribution in [3.8, 4) is 11.3 Å². The van der Waals surface area contributed by atoms with Crippen LogP contribution in [0.4, 0.5) is 23.7 Å². The zero-order valence-corrected chi connectivity index (χ0v) is 20.5. The molecule has 35 heavy (non-hydrogen) atoms. The summed E-state index contributed by atoms with van der Waals surface area (Å²) in [6, 6.07) is 12.3. The van der Waals surface area contributed by atoms with Crippen LogP contribution in [0.25, 0.3) is 17.4 Å². The van der Waals surface area contributed by atoms with Crippen molar-refractivity contribution in [1.29, 1.82) is 0 Å². The molecule has 0 unspecified atom stereocenters. The molecule has 1 aliphatic heterocycles. The maximum absolute atomic E-state index is 13.0. The largest absolute Gasteiger partial charge is 0.457 e. The van der Waals surface area contributed by atoms with Gasteiger partial charge in [0, 0.05) is 21.8 Å². The fourth-order valence-corrected chi connectivity index (χ4v) is 4.36. The third-order valence-corrected chi connectivity index (χ3v) is 6.89. The van der Waals surface area contributed by atoms with Crippen LogP contribution in [0.15, 0.2) is 68.4 Å². The minimum atomic E-state index is -4.50. The third kappa shape index (κ3) is 5.80. The number of anilines is 1. The van der Waals surface area contributed by atoms with Crippen LogP contribution < -0.4 is 5.32 Å². The molecular formula is C23H13BrClF3N2O4S. The number of amides is 3. The highest BCUT2D eigenvalue weighted by Gasteiger charge is 2.36. The molecule has 1 fully saturated rings. The number of alkyl halides is 3. The minimum absolute atomic E-state index is 0.0134. The van der Waals surface area contributed by atoms with Crippen molar-refractivity contribution in [2.75, 3.05) is 11.9 Å². The van der Waals surface area contributed by atoms with E-state index in [9.17, 15) is 27.6 Å². The van der Waals surface area contributed by atoms with Gasteiger partial charge in [-0.2, -0.15) is 13.2 Å². The van der Waals surface area contributed by atoms with Gasteiger partial charge in [-0.05, 0) is 70.2 Å². The second-order valence-electron chi connectivity index (χ2n) is 7.23. The van der Waals surface area contributed by atoms with Crippen LogP contribution >= 0.6 is 39.3 Å². The third-order valence-electron chi connectivity index (χ3n) is 4.75. The highest BCUT2D eigenvalue weighted by atomic mass is 79.9. The number of nitrogens with zero attached hydrogens (tertiary/aromatic N) is 1. The summed E-state index contributed by atoms with van der Waals surface area (Å²) in [6.07, 6.45) is -3.20. The van der Waals surface area contributed by atoms with Crippen molar-refractivity contribution in [2.24, 2.45) is 0 Å². The first-order valence-electron chi connectivity index (χ1n) is 9.79. The van der Waals surface area contributed by atoms with E-state index in [1.807, 2.05) is 0 Å². The number of hydrogen-bond acceptors (Lipinski definition) is 5. The second-order valence-corrected chi connectivity index (χ2v) is 9.48. The molecule has 4 rings (SSSR count). The Morgan fingerprint density at radius 1 is 1.14 bits per heavy atom. The number of nitrogens with one attached hydrogen (secondary N) is 1. The number of rotatable bonds is 5. The number of furan rings is 1. The number of carbonyl (C=O) groups is 3. The van der Waals surface area contributed by atoms with Crippen molar-refractivity contribution >= 4 is 68.1 Å². The van der Waals surface area contributed by atoms with E-state index in [1.165, 1.54) is 36.4 Å². The normalized spacial score (nSPS) is 15.2. The molecule has 12 heteroatoms. The van der Waals surface area contributed by atoms with Crippen molar-refractivity contribution in [1.82, 2.24) is 4.90 Å². The van der Waals surface area contributed by atoms with Gasteiger partial charge in [0.1, 0.15) is 18.1 Å². The molecule has 3 aromatic rings. The van der Waals surface area contributed by atoms with Crippen LogP contribution in [0.1, 0.15) is 11.3 Å². The summed E-state index contributed by atoms with van der Waals surface area (Å²) < 4.78 is 45.1. The van der Waals surface area contributed by atoms with Gasteiger partial charge in [-0.3, -0.25) is 19.3 Å². The Balaban J connectivity index is 1.46. The lowest BCUT2D eigenvalue weighted by molar-refractivity contribution is -0.137. The first kappa shape index (κ1) is 25.1. The molecule has 1 aliphatic rings. The lowest BCUT2D eigenvalue weighted by Crippen LogP contribution is -2.36. The Morgan fingerprint density at radius 3 is 2.63 bits per heavy atom. The van der Waals surface area contributed by atoms with E-state index in [2.05, 4.69) is 21.2 Å². The fraction of sp³-hybridized carbons (Fsp3) is 0.0870. The SMILES string of the molecule is O=C(CN1C(=O)S/C(=C/c2ccc(-c3cccc(C(F)(F)F)c3)o2)C1=O)Nc1ccc(Br)c(Cl)c1. The van der Waals surface area contributed by atoms with Gasteiger partial charge in [-0.15, -0.1) is 0 Å². The average molecular weight is 586 g/mol. The van der Waals surface area contributed by atoms with Gasteiger partial charge >= 0.3 is 6.18 Å². The summed E-state index contributed by atoms with van der Waals surface area (Å²) in [5.41, 5.74) is -0.224. The van der Waals surface area contributed by atoms with Crippen molar-refractivity contribution in [2.45, 2.75) is 6.18 Å². The van der Waals surface area contributed by atoms with Gasteiger partial charge in [0.05, 0.1) is 15.5 Å². The zero-order chi connectivity index (χ0) is 25.3. The smallest absolute Gasteiger partial charge is 0.416 e. The number of imide groups is 1. The lowest BCUT2D eigenvalue weighted by atomic mass is 10.1. The van der Waals surface area contributed by atoms with Crippen LogP contribution in [0.3, 0.4) is 0 Å². The molecule has 0 spiro atoms. The minimum Gasteiger partial charge on any atom is -0.457 e. The van der Waals surface area contributed by atoms with E-state index in [0.29, 0.717) is 26.9 Å². The van der Waals surface area contributed by atoms with Crippen LogP contribution in [-0.4, -0.2) is 28.5 Å². The van der Waals surface area contributed by atoms with Crippen LogP contribution in [-0.2, 0) is 15.8 Å². The fourth-order valence-electron chi connectivity index (χ4n) is 3.12. The van der Waals surface area contributed by atoms with E-state index in [4.69, 9.17) is 16.0 Å².